The molecule has 0 aromatic carbocycles. The van der Waals surface area contributed by atoms with E-state index in [1.54, 1.807) is 7.11 Å². The number of nitrogens with one attached hydrogen (secondary N) is 2. The summed E-state index contributed by atoms with van der Waals surface area (Å²) in [6, 6.07) is 6.53. The van der Waals surface area contributed by atoms with Gasteiger partial charge in [-0.1, -0.05) is 6.07 Å². The van der Waals surface area contributed by atoms with Crippen LogP contribution in [0.1, 0.15) is 25.5 Å². The first-order chi connectivity index (χ1) is 12.6. The van der Waals surface area contributed by atoms with E-state index in [1.165, 1.54) is 0 Å². The second-order valence-electron chi connectivity index (χ2n) is 6.83. The zero-order chi connectivity index (χ0) is 18.8. The number of methoxy groups -OCH3 is 1. The lowest BCUT2D eigenvalue weighted by Gasteiger charge is -2.32. The number of anilines is 1. The summed E-state index contributed by atoms with van der Waals surface area (Å²) in [7, 11) is 5.76. The number of ether oxygens (including phenoxy) is 1. The Bertz CT molecular complexity index is 555. The standard InChI is InChI=1S/C19H34N6O/c1-5-20-19(21-15-17-7-6-8-18(22-17)24(2)3)23-16-9-11-25(12-10-16)13-14-26-4/h6-8,16H,5,9-15H2,1-4H3,(H2,20,21,23). The number of pyridine rings is 1. The minimum Gasteiger partial charge on any atom is -0.383 e. The molecule has 2 N–H and O–H groups in total. The molecule has 1 saturated heterocycles. The maximum absolute atomic E-state index is 5.17. The molecular formula is C19H34N6O. The number of likely N-dealkylation sites (tertiary alicyclic amines) is 1. The summed E-state index contributed by atoms with van der Waals surface area (Å²) in [6.07, 6.45) is 2.25. The fourth-order valence-electron chi connectivity index (χ4n) is 3.00. The molecule has 0 saturated carbocycles. The summed E-state index contributed by atoms with van der Waals surface area (Å²) in [4.78, 5) is 13.8. The van der Waals surface area contributed by atoms with Crippen molar-refractivity contribution in [2.75, 3.05) is 58.9 Å². The van der Waals surface area contributed by atoms with E-state index in [0.717, 1.165) is 63.1 Å². The second-order valence-corrected chi connectivity index (χ2v) is 6.83. The van der Waals surface area contributed by atoms with Crippen LogP contribution < -0.4 is 15.5 Å². The van der Waals surface area contributed by atoms with Gasteiger partial charge in [-0.25, -0.2) is 9.98 Å². The number of aliphatic imine (C=N–C) groups is 1. The number of rotatable bonds is 8. The zero-order valence-corrected chi connectivity index (χ0v) is 16.7. The van der Waals surface area contributed by atoms with Crippen LogP contribution >= 0.6 is 0 Å². The van der Waals surface area contributed by atoms with Crippen molar-refractivity contribution >= 4 is 11.8 Å². The highest BCUT2D eigenvalue weighted by Gasteiger charge is 2.19. The van der Waals surface area contributed by atoms with Gasteiger partial charge in [-0.15, -0.1) is 0 Å². The first-order valence-corrected chi connectivity index (χ1v) is 9.51. The highest BCUT2D eigenvalue weighted by molar-refractivity contribution is 5.80. The summed E-state index contributed by atoms with van der Waals surface area (Å²) in [6.45, 7) is 7.55. The van der Waals surface area contributed by atoms with Gasteiger partial charge in [0, 0.05) is 53.4 Å². The molecule has 1 aromatic heterocycles. The van der Waals surface area contributed by atoms with Gasteiger partial charge >= 0.3 is 0 Å². The van der Waals surface area contributed by atoms with E-state index >= 15 is 0 Å². The molecule has 0 amide bonds. The molecular weight excluding hydrogens is 328 g/mol. The van der Waals surface area contributed by atoms with E-state index in [2.05, 4.69) is 27.4 Å². The number of guanidine groups is 1. The van der Waals surface area contributed by atoms with Crippen molar-refractivity contribution in [3.05, 3.63) is 23.9 Å². The van der Waals surface area contributed by atoms with Crippen LogP contribution in [0, 0.1) is 0 Å². The summed E-state index contributed by atoms with van der Waals surface area (Å²) in [5.41, 5.74) is 0.975. The molecule has 0 unspecified atom stereocenters. The lowest BCUT2D eigenvalue weighted by Crippen LogP contribution is -2.49. The fraction of sp³-hybridized carbons (Fsp3) is 0.684. The van der Waals surface area contributed by atoms with Gasteiger partial charge in [0.1, 0.15) is 5.82 Å². The van der Waals surface area contributed by atoms with Crippen LogP contribution in [0.15, 0.2) is 23.2 Å². The molecule has 0 bridgehead atoms. The molecule has 7 nitrogen and oxygen atoms in total. The van der Waals surface area contributed by atoms with Gasteiger partial charge in [-0.3, -0.25) is 0 Å². The molecule has 0 atom stereocenters. The van der Waals surface area contributed by atoms with Crippen molar-refractivity contribution < 1.29 is 4.74 Å². The quantitative estimate of drug-likeness (QED) is 0.537. The second kappa shape index (κ2) is 11.0. The highest BCUT2D eigenvalue weighted by atomic mass is 16.5. The summed E-state index contributed by atoms with van der Waals surface area (Å²) in [5.74, 6) is 1.83. The first kappa shape index (κ1) is 20.5. The Morgan fingerprint density at radius 3 is 2.77 bits per heavy atom. The molecule has 0 radical (unpaired) electrons. The molecule has 26 heavy (non-hydrogen) atoms. The molecule has 2 rings (SSSR count). The smallest absolute Gasteiger partial charge is 0.191 e. The van der Waals surface area contributed by atoms with Crippen molar-refractivity contribution in [3.63, 3.8) is 0 Å². The van der Waals surface area contributed by atoms with Crippen LogP contribution in [-0.4, -0.2) is 75.9 Å². The topological polar surface area (TPSA) is 65.0 Å². The van der Waals surface area contributed by atoms with Crippen molar-refractivity contribution in [2.24, 2.45) is 4.99 Å². The third-order valence-corrected chi connectivity index (χ3v) is 4.53. The van der Waals surface area contributed by atoms with Gasteiger partial charge in [0.25, 0.3) is 0 Å². The van der Waals surface area contributed by atoms with E-state index in [4.69, 9.17) is 9.73 Å². The van der Waals surface area contributed by atoms with Gasteiger partial charge in [0.2, 0.25) is 0 Å². The maximum Gasteiger partial charge on any atom is 0.191 e. The van der Waals surface area contributed by atoms with E-state index < -0.39 is 0 Å². The number of piperidine rings is 1. The summed E-state index contributed by atoms with van der Waals surface area (Å²) in [5, 5.41) is 6.93. The molecule has 1 aliphatic heterocycles. The lowest BCUT2D eigenvalue weighted by atomic mass is 10.1. The van der Waals surface area contributed by atoms with Crippen LogP contribution in [0.2, 0.25) is 0 Å². The molecule has 0 spiro atoms. The SMILES string of the molecule is CCNC(=NCc1cccc(N(C)C)n1)NC1CCN(CCOC)CC1. The Balaban J connectivity index is 1.88. The van der Waals surface area contributed by atoms with E-state index in [1.807, 2.05) is 37.2 Å². The Kier molecular flexibility index (Phi) is 8.64. The van der Waals surface area contributed by atoms with Gasteiger partial charge in [0.05, 0.1) is 18.8 Å². The monoisotopic (exact) mass is 362 g/mol. The average Bonchev–Trinajstić information content (AvgIpc) is 2.66. The number of aromatic nitrogens is 1. The van der Waals surface area contributed by atoms with Crippen LogP contribution in [0.3, 0.4) is 0 Å². The van der Waals surface area contributed by atoms with Crippen LogP contribution in [-0.2, 0) is 11.3 Å². The lowest BCUT2D eigenvalue weighted by molar-refractivity contribution is 0.128. The summed E-state index contributed by atoms with van der Waals surface area (Å²) >= 11 is 0. The number of hydrogen-bond acceptors (Lipinski definition) is 5. The largest absolute Gasteiger partial charge is 0.383 e. The van der Waals surface area contributed by atoms with Gasteiger partial charge in [-0.2, -0.15) is 0 Å². The normalized spacial score (nSPS) is 16.5. The van der Waals surface area contributed by atoms with Crippen molar-refractivity contribution in [2.45, 2.75) is 32.4 Å². The Hall–Kier alpha value is -1.86. The van der Waals surface area contributed by atoms with E-state index in [9.17, 15) is 0 Å². The van der Waals surface area contributed by atoms with Crippen LogP contribution in [0.5, 0.6) is 0 Å². The predicted molar refractivity (Wildman–Crippen MR) is 108 cm³/mol. The third kappa shape index (κ3) is 6.80. The van der Waals surface area contributed by atoms with Gasteiger partial charge in [0.15, 0.2) is 5.96 Å². The minimum absolute atomic E-state index is 0.465. The number of nitrogens with zero attached hydrogens (tertiary/aromatic N) is 4. The first-order valence-electron chi connectivity index (χ1n) is 9.51. The molecule has 0 aliphatic carbocycles. The predicted octanol–water partition coefficient (Wildman–Crippen LogP) is 1.31. The van der Waals surface area contributed by atoms with Gasteiger partial charge in [-0.05, 0) is 31.9 Å². The average molecular weight is 363 g/mol. The Morgan fingerprint density at radius 1 is 1.35 bits per heavy atom. The minimum atomic E-state index is 0.465. The molecule has 1 aliphatic rings. The fourth-order valence-corrected chi connectivity index (χ4v) is 3.00. The molecule has 2 heterocycles. The number of hydrogen-bond donors (Lipinski definition) is 2. The highest BCUT2D eigenvalue weighted by Crippen LogP contribution is 2.11. The Morgan fingerprint density at radius 2 is 2.12 bits per heavy atom. The van der Waals surface area contributed by atoms with Crippen molar-refractivity contribution in [3.8, 4) is 0 Å². The van der Waals surface area contributed by atoms with Crippen molar-refractivity contribution in [1.82, 2.24) is 20.5 Å². The van der Waals surface area contributed by atoms with Crippen LogP contribution in [0.25, 0.3) is 0 Å². The molecule has 1 aromatic rings. The van der Waals surface area contributed by atoms with Crippen molar-refractivity contribution in [1.29, 1.82) is 0 Å². The molecule has 146 valence electrons. The maximum atomic E-state index is 5.17. The van der Waals surface area contributed by atoms with Crippen LogP contribution in [0.4, 0.5) is 5.82 Å². The Labute approximate surface area is 157 Å². The van der Waals surface area contributed by atoms with E-state index in [-0.39, 0.29) is 0 Å². The van der Waals surface area contributed by atoms with E-state index in [0.29, 0.717) is 12.6 Å². The summed E-state index contributed by atoms with van der Waals surface area (Å²) < 4.78 is 5.17. The molecule has 1 fully saturated rings. The third-order valence-electron chi connectivity index (χ3n) is 4.53. The van der Waals surface area contributed by atoms with Gasteiger partial charge < -0.3 is 25.2 Å². The molecule has 7 heteroatoms. The zero-order valence-electron chi connectivity index (χ0n) is 16.7.